The largest absolute Gasteiger partial charge is 0.506 e. The predicted molar refractivity (Wildman–Crippen MR) is 90.4 cm³/mol. The number of phenolic OH excluding ortho intramolecular Hbond substituents is 1. The van der Waals surface area contributed by atoms with Crippen LogP contribution in [-0.4, -0.2) is 11.0 Å². The maximum Gasteiger partial charge on any atom is 0.227 e. The van der Waals surface area contributed by atoms with Crippen LogP contribution in [-0.2, 0) is 4.79 Å². The Hall–Kier alpha value is -1.85. The van der Waals surface area contributed by atoms with Crippen LogP contribution in [0.2, 0.25) is 5.02 Å². The van der Waals surface area contributed by atoms with Gasteiger partial charge in [0.1, 0.15) is 5.75 Å². The molecule has 0 bridgehead atoms. The highest BCUT2D eigenvalue weighted by Crippen LogP contribution is 2.34. The molecule has 6 heteroatoms. The Labute approximate surface area is 138 Å². The predicted octanol–water partition coefficient (Wildman–Crippen LogP) is 4.51. The molecule has 0 saturated heterocycles. The minimum atomic E-state index is -0.0275. The number of hydrogen-bond donors (Lipinski definition) is 3. The minimum absolute atomic E-state index is 0.0275. The van der Waals surface area contributed by atoms with E-state index in [-0.39, 0.29) is 17.6 Å². The standard InChI is InChI=1S/C16H15ClN2O2S/c17-11-2-1-3-12(8-11)19-22-13-6-7-15(20)14(9-13)18-16(21)10-4-5-10/h1-3,6-10,19-20H,4-5H2,(H,18,21). The van der Waals surface area contributed by atoms with Crippen molar-refractivity contribution in [3.63, 3.8) is 0 Å². The molecule has 3 N–H and O–H groups in total. The number of aromatic hydroxyl groups is 1. The second kappa shape index (κ2) is 6.50. The molecular formula is C16H15ClN2O2S. The molecule has 1 aliphatic rings. The molecule has 0 radical (unpaired) electrons. The Bertz CT molecular complexity index is 704. The summed E-state index contributed by atoms with van der Waals surface area (Å²) in [5.41, 5.74) is 1.32. The highest BCUT2D eigenvalue weighted by molar-refractivity contribution is 8.00. The third-order valence-electron chi connectivity index (χ3n) is 3.29. The van der Waals surface area contributed by atoms with Crippen LogP contribution < -0.4 is 10.0 Å². The summed E-state index contributed by atoms with van der Waals surface area (Å²) in [7, 11) is 0. The van der Waals surface area contributed by atoms with Crippen LogP contribution in [0.1, 0.15) is 12.8 Å². The first-order chi connectivity index (χ1) is 10.6. The topological polar surface area (TPSA) is 61.4 Å². The molecule has 0 unspecified atom stereocenters. The Kier molecular flexibility index (Phi) is 4.45. The van der Waals surface area contributed by atoms with Crippen LogP contribution in [0.15, 0.2) is 47.4 Å². The van der Waals surface area contributed by atoms with Gasteiger partial charge in [-0.1, -0.05) is 17.7 Å². The smallest absolute Gasteiger partial charge is 0.227 e. The molecule has 0 aromatic heterocycles. The van der Waals surface area contributed by atoms with Gasteiger partial charge in [0, 0.05) is 21.5 Å². The van der Waals surface area contributed by atoms with Crippen LogP contribution in [0.25, 0.3) is 0 Å². The lowest BCUT2D eigenvalue weighted by molar-refractivity contribution is -0.117. The summed E-state index contributed by atoms with van der Waals surface area (Å²) in [6, 6.07) is 12.5. The van der Waals surface area contributed by atoms with Crippen LogP contribution in [0, 0.1) is 5.92 Å². The lowest BCUT2D eigenvalue weighted by Gasteiger charge is -2.10. The number of phenols is 1. The summed E-state index contributed by atoms with van der Waals surface area (Å²) in [6.07, 6.45) is 1.86. The van der Waals surface area contributed by atoms with E-state index in [1.807, 2.05) is 24.3 Å². The summed E-state index contributed by atoms with van der Waals surface area (Å²) in [5, 5.41) is 13.3. The fraction of sp³-hybridized carbons (Fsp3) is 0.188. The minimum Gasteiger partial charge on any atom is -0.506 e. The molecule has 0 aliphatic heterocycles. The van der Waals surface area contributed by atoms with Gasteiger partial charge in [-0.15, -0.1) is 0 Å². The van der Waals surface area contributed by atoms with Crippen molar-refractivity contribution in [3.05, 3.63) is 47.5 Å². The molecule has 1 amide bonds. The monoisotopic (exact) mass is 334 g/mol. The first-order valence-electron chi connectivity index (χ1n) is 6.94. The van der Waals surface area contributed by atoms with Crippen molar-refractivity contribution in [2.24, 2.45) is 5.92 Å². The molecule has 0 atom stereocenters. The summed E-state index contributed by atoms with van der Waals surface area (Å²) in [5.74, 6) is 0.140. The molecule has 4 nitrogen and oxygen atoms in total. The highest BCUT2D eigenvalue weighted by atomic mass is 35.5. The van der Waals surface area contributed by atoms with Gasteiger partial charge < -0.3 is 15.1 Å². The molecular weight excluding hydrogens is 320 g/mol. The van der Waals surface area contributed by atoms with Gasteiger partial charge in [-0.25, -0.2) is 0 Å². The van der Waals surface area contributed by atoms with Crippen LogP contribution in [0.4, 0.5) is 11.4 Å². The van der Waals surface area contributed by atoms with Gasteiger partial charge in [-0.05, 0) is 61.2 Å². The van der Waals surface area contributed by atoms with E-state index in [0.717, 1.165) is 23.4 Å². The first-order valence-corrected chi connectivity index (χ1v) is 8.13. The fourth-order valence-corrected chi connectivity index (χ4v) is 2.79. The number of benzene rings is 2. The molecule has 2 aromatic rings. The van der Waals surface area contributed by atoms with Gasteiger partial charge in [-0.2, -0.15) is 0 Å². The van der Waals surface area contributed by atoms with Crippen molar-refractivity contribution in [1.29, 1.82) is 0 Å². The van der Waals surface area contributed by atoms with Crippen molar-refractivity contribution in [3.8, 4) is 5.75 Å². The van der Waals surface area contributed by atoms with Crippen LogP contribution in [0.3, 0.4) is 0 Å². The Morgan fingerprint density at radius 2 is 2.05 bits per heavy atom. The van der Waals surface area contributed by atoms with Gasteiger partial charge >= 0.3 is 0 Å². The Balaban J connectivity index is 1.67. The van der Waals surface area contributed by atoms with Gasteiger partial charge in [0.2, 0.25) is 5.91 Å². The Morgan fingerprint density at radius 1 is 1.23 bits per heavy atom. The zero-order valence-electron chi connectivity index (χ0n) is 11.7. The number of carbonyl (C=O) groups excluding carboxylic acids is 1. The van der Waals surface area contributed by atoms with Crippen molar-refractivity contribution in [2.75, 3.05) is 10.0 Å². The molecule has 1 aliphatic carbocycles. The number of amides is 1. The highest BCUT2D eigenvalue weighted by Gasteiger charge is 2.30. The fourth-order valence-electron chi connectivity index (χ4n) is 1.93. The van der Waals surface area contributed by atoms with Crippen molar-refractivity contribution >= 4 is 40.8 Å². The van der Waals surface area contributed by atoms with E-state index in [1.54, 1.807) is 18.2 Å². The summed E-state index contributed by atoms with van der Waals surface area (Å²) < 4.78 is 3.17. The number of carbonyl (C=O) groups is 1. The molecule has 114 valence electrons. The first kappa shape index (κ1) is 15.1. The van der Waals surface area contributed by atoms with Gasteiger partial charge in [-0.3, -0.25) is 4.79 Å². The van der Waals surface area contributed by atoms with Gasteiger partial charge in [0.25, 0.3) is 0 Å². The van der Waals surface area contributed by atoms with E-state index in [4.69, 9.17) is 11.6 Å². The molecule has 0 heterocycles. The third kappa shape index (κ3) is 3.87. The molecule has 22 heavy (non-hydrogen) atoms. The van der Waals surface area contributed by atoms with E-state index in [2.05, 4.69) is 10.0 Å². The second-order valence-corrected chi connectivity index (χ2v) is 6.47. The van der Waals surface area contributed by atoms with Crippen LogP contribution >= 0.6 is 23.5 Å². The quantitative estimate of drug-likeness (QED) is 0.556. The van der Waals surface area contributed by atoms with Crippen molar-refractivity contribution < 1.29 is 9.90 Å². The number of hydrogen-bond acceptors (Lipinski definition) is 4. The normalized spacial score (nSPS) is 13.7. The summed E-state index contributed by atoms with van der Waals surface area (Å²) in [6.45, 7) is 0. The average Bonchev–Trinajstić information content (AvgIpc) is 3.33. The lowest BCUT2D eigenvalue weighted by Crippen LogP contribution is -2.13. The van der Waals surface area contributed by atoms with E-state index < -0.39 is 0 Å². The lowest BCUT2D eigenvalue weighted by atomic mass is 10.2. The maximum atomic E-state index is 11.8. The average molecular weight is 335 g/mol. The van der Waals surface area contributed by atoms with E-state index in [0.29, 0.717) is 10.7 Å². The van der Waals surface area contributed by atoms with Crippen molar-refractivity contribution in [1.82, 2.24) is 0 Å². The van der Waals surface area contributed by atoms with E-state index in [9.17, 15) is 9.90 Å². The second-order valence-electron chi connectivity index (χ2n) is 5.16. The molecule has 2 aromatic carbocycles. The maximum absolute atomic E-state index is 11.8. The van der Waals surface area contributed by atoms with Crippen molar-refractivity contribution in [2.45, 2.75) is 17.7 Å². The molecule has 1 fully saturated rings. The third-order valence-corrected chi connectivity index (χ3v) is 4.35. The summed E-state index contributed by atoms with van der Waals surface area (Å²) in [4.78, 5) is 12.7. The Morgan fingerprint density at radius 3 is 2.77 bits per heavy atom. The number of nitrogens with one attached hydrogen (secondary N) is 2. The van der Waals surface area contributed by atoms with E-state index >= 15 is 0 Å². The summed E-state index contributed by atoms with van der Waals surface area (Å²) >= 11 is 7.32. The SMILES string of the molecule is O=C(Nc1cc(SNc2cccc(Cl)c2)ccc1O)C1CC1. The molecule has 1 saturated carbocycles. The zero-order chi connectivity index (χ0) is 15.5. The van der Waals surface area contributed by atoms with Crippen LogP contribution in [0.5, 0.6) is 5.75 Å². The number of rotatable bonds is 5. The number of halogens is 1. The zero-order valence-corrected chi connectivity index (χ0v) is 13.2. The van der Waals surface area contributed by atoms with Gasteiger partial charge in [0.05, 0.1) is 5.69 Å². The number of anilines is 2. The molecule has 3 rings (SSSR count). The van der Waals surface area contributed by atoms with Gasteiger partial charge in [0.15, 0.2) is 0 Å². The molecule has 0 spiro atoms. The van der Waals surface area contributed by atoms with E-state index in [1.165, 1.54) is 11.9 Å².